The minimum Gasteiger partial charge on any atom is -0.478 e. The number of amides is 1. The molecule has 1 fully saturated rings. The lowest BCUT2D eigenvalue weighted by Crippen LogP contribution is -2.19. The predicted molar refractivity (Wildman–Crippen MR) is 81.4 cm³/mol. The van der Waals surface area contributed by atoms with Crippen molar-refractivity contribution in [3.63, 3.8) is 0 Å². The van der Waals surface area contributed by atoms with Crippen molar-refractivity contribution >= 4 is 29.3 Å². The first kappa shape index (κ1) is 14.9. The van der Waals surface area contributed by atoms with E-state index in [9.17, 15) is 9.59 Å². The summed E-state index contributed by atoms with van der Waals surface area (Å²) in [6, 6.07) is 4.99. The number of carboxylic acids is 1. The van der Waals surface area contributed by atoms with Crippen molar-refractivity contribution in [2.45, 2.75) is 26.2 Å². The van der Waals surface area contributed by atoms with E-state index >= 15 is 0 Å². The minimum atomic E-state index is -0.970. The third-order valence-corrected chi connectivity index (χ3v) is 4.62. The maximum absolute atomic E-state index is 12.0. The number of anilines is 1. The molecule has 1 amide bonds. The van der Waals surface area contributed by atoms with Gasteiger partial charge in [-0.2, -0.15) is 11.8 Å². The molecule has 5 heteroatoms. The molecule has 2 N–H and O–H groups in total. The number of aromatic carboxylic acids is 1. The van der Waals surface area contributed by atoms with Crippen LogP contribution < -0.4 is 5.32 Å². The second-order valence-corrected chi connectivity index (χ2v) is 6.37. The molecule has 0 aliphatic carbocycles. The van der Waals surface area contributed by atoms with Gasteiger partial charge in [0.25, 0.3) is 0 Å². The quantitative estimate of drug-likeness (QED) is 0.895. The van der Waals surface area contributed by atoms with Crippen LogP contribution in [0, 0.1) is 12.8 Å². The molecule has 1 saturated heterocycles. The summed E-state index contributed by atoms with van der Waals surface area (Å²) >= 11 is 1.94. The van der Waals surface area contributed by atoms with Crippen LogP contribution in [0.5, 0.6) is 0 Å². The van der Waals surface area contributed by atoms with Gasteiger partial charge in [-0.25, -0.2) is 4.79 Å². The largest absolute Gasteiger partial charge is 0.478 e. The Morgan fingerprint density at radius 3 is 2.70 bits per heavy atom. The fourth-order valence-corrected chi connectivity index (χ4v) is 3.56. The van der Waals surface area contributed by atoms with Crippen LogP contribution in [-0.4, -0.2) is 28.5 Å². The molecule has 0 bridgehead atoms. The van der Waals surface area contributed by atoms with Crippen LogP contribution in [0.4, 0.5) is 5.69 Å². The summed E-state index contributed by atoms with van der Waals surface area (Å²) in [6.45, 7) is 1.74. The number of nitrogens with one attached hydrogen (secondary N) is 1. The molecule has 0 unspecified atom stereocenters. The molecule has 4 nitrogen and oxygen atoms in total. The first-order valence-corrected chi connectivity index (χ1v) is 7.93. The van der Waals surface area contributed by atoms with Crippen molar-refractivity contribution in [2.75, 3.05) is 16.8 Å². The molecule has 0 aromatic heterocycles. The minimum absolute atomic E-state index is 0.0258. The second-order valence-electron chi connectivity index (χ2n) is 5.14. The summed E-state index contributed by atoms with van der Waals surface area (Å²) < 4.78 is 0. The zero-order valence-electron chi connectivity index (χ0n) is 11.5. The number of hydrogen-bond donors (Lipinski definition) is 2. The third kappa shape index (κ3) is 4.00. The first-order chi connectivity index (χ1) is 9.56. The predicted octanol–water partition coefficient (Wildman–Crippen LogP) is 3.17. The van der Waals surface area contributed by atoms with E-state index in [0.717, 1.165) is 24.3 Å². The number of carboxylic acid groups (broad SMARTS) is 1. The number of aryl methyl sites for hydroxylation is 1. The average molecular weight is 293 g/mol. The zero-order valence-corrected chi connectivity index (χ0v) is 12.3. The Morgan fingerprint density at radius 2 is 2.05 bits per heavy atom. The van der Waals surface area contributed by atoms with Crippen LogP contribution in [0.15, 0.2) is 18.2 Å². The molecule has 1 aromatic rings. The highest BCUT2D eigenvalue weighted by Gasteiger charge is 2.17. The lowest BCUT2D eigenvalue weighted by molar-refractivity contribution is -0.117. The molecule has 1 heterocycles. The summed E-state index contributed by atoms with van der Waals surface area (Å²) in [7, 11) is 0. The molecule has 108 valence electrons. The van der Waals surface area contributed by atoms with Gasteiger partial charge in [-0.1, -0.05) is 6.07 Å². The van der Waals surface area contributed by atoms with E-state index in [-0.39, 0.29) is 11.5 Å². The molecular weight excluding hydrogens is 274 g/mol. The van der Waals surface area contributed by atoms with Crippen LogP contribution >= 0.6 is 11.8 Å². The summed E-state index contributed by atoms with van der Waals surface area (Å²) in [5.41, 5.74) is 1.49. The van der Waals surface area contributed by atoms with Gasteiger partial charge in [-0.3, -0.25) is 4.79 Å². The highest BCUT2D eigenvalue weighted by Crippen LogP contribution is 2.25. The fourth-order valence-electron chi connectivity index (χ4n) is 2.35. The molecule has 1 aliphatic rings. The Balaban J connectivity index is 1.96. The molecule has 0 atom stereocenters. The lowest BCUT2D eigenvalue weighted by atomic mass is 9.98. The van der Waals surface area contributed by atoms with Gasteiger partial charge in [0.15, 0.2) is 0 Å². The number of benzene rings is 1. The van der Waals surface area contributed by atoms with Crippen LogP contribution in [0.25, 0.3) is 0 Å². The van der Waals surface area contributed by atoms with Crippen molar-refractivity contribution in [1.29, 1.82) is 0 Å². The van der Waals surface area contributed by atoms with E-state index in [2.05, 4.69) is 5.32 Å². The van der Waals surface area contributed by atoms with Gasteiger partial charge in [-0.15, -0.1) is 0 Å². The van der Waals surface area contributed by atoms with E-state index in [1.807, 2.05) is 11.8 Å². The Labute approximate surface area is 123 Å². The third-order valence-electron chi connectivity index (χ3n) is 3.57. The Hall–Kier alpha value is -1.49. The summed E-state index contributed by atoms with van der Waals surface area (Å²) in [5.74, 6) is 1.72. The number of rotatable bonds is 4. The maximum Gasteiger partial charge on any atom is 0.336 e. The fraction of sp³-hybridized carbons (Fsp3) is 0.467. The zero-order chi connectivity index (χ0) is 14.5. The number of hydrogen-bond acceptors (Lipinski definition) is 3. The van der Waals surface area contributed by atoms with Crippen molar-refractivity contribution in [3.05, 3.63) is 29.3 Å². The monoisotopic (exact) mass is 293 g/mol. The summed E-state index contributed by atoms with van der Waals surface area (Å²) in [6.07, 6.45) is 2.70. The molecule has 1 aliphatic heterocycles. The van der Waals surface area contributed by atoms with Crippen LogP contribution in [-0.2, 0) is 4.79 Å². The second kappa shape index (κ2) is 6.79. The van der Waals surface area contributed by atoms with Crippen LogP contribution in [0.1, 0.15) is 35.2 Å². The topological polar surface area (TPSA) is 66.4 Å². The van der Waals surface area contributed by atoms with Gasteiger partial charge in [-0.05, 0) is 54.9 Å². The molecule has 0 radical (unpaired) electrons. The van der Waals surface area contributed by atoms with Gasteiger partial charge in [0.2, 0.25) is 5.91 Å². The average Bonchev–Trinajstić information content (AvgIpc) is 2.41. The first-order valence-electron chi connectivity index (χ1n) is 6.78. The molecule has 0 spiro atoms. The van der Waals surface area contributed by atoms with Crippen molar-refractivity contribution in [2.24, 2.45) is 5.92 Å². The van der Waals surface area contributed by atoms with Crippen LogP contribution in [0.2, 0.25) is 0 Å². The van der Waals surface area contributed by atoms with Gasteiger partial charge in [0, 0.05) is 12.1 Å². The number of carbonyl (C=O) groups is 2. The van der Waals surface area contributed by atoms with Crippen LogP contribution in [0.3, 0.4) is 0 Å². The van der Waals surface area contributed by atoms with Crippen molar-refractivity contribution < 1.29 is 14.7 Å². The highest BCUT2D eigenvalue weighted by molar-refractivity contribution is 7.99. The Morgan fingerprint density at radius 1 is 1.35 bits per heavy atom. The van der Waals surface area contributed by atoms with Gasteiger partial charge < -0.3 is 10.4 Å². The van der Waals surface area contributed by atoms with Crippen molar-refractivity contribution in [3.8, 4) is 0 Å². The lowest BCUT2D eigenvalue weighted by Gasteiger charge is -2.20. The summed E-state index contributed by atoms with van der Waals surface area (Å²) in [4.78, 5) is 23.0. The van der Waals surface area contributed by atoms with Gasteiger partial charge in [0.1, 0.15) is 0 Å². The standard InChI is InChI=1S/C15H19NO3S/c1-10-2-3-12(9-13(10)15(18)19)16-14(17)8-11-4-6-20-7-5-11/h2-3,9,11H,4-8H2,1H3,(H,16,17)(H,18,19). The van der Waals surface area contributed by atoms with Gasteiger partial charge >= 0.3 is 5.97 Å². The molecule has 2 rings (SSSR count). The SMILES string of the molecule is Cc1ccc(NC(=O)CC2CCSCC2)cc1C(=O)O. The number of carbonyl (C=O) groups excluding carboxylic acids is 1. The smallest absolute Gasteiger partial charge is 0.336 e. The molecule has 20 heavy (non-hydrogen) atoms. The normalized spacial score (nSPS) is 15.8. The van der Waals surface area contributed by atoms with E-state index in [4.69, 9.17) is 5.11 Å². The van der Waals surface area contributed by atoms with E-state index in [1.165, 1.54) is 6.07 Å². The van der Waals surface area contributed by atoms with Gasteiger partial charge in [0.05, 0.1) is 5.56 Å². The highest BCUT2D eigenvalue weighted by atomic mass is 32.2. The van der Waals surface area contributed by atoms with E-state index < -0.39 is 5.97 Å². The Kier molecular flexibility index (Phi) is 5.06. The molecule has 0 saturated carbocycles. The molecular formula is C15H19NO3S. The van der Waals surface area contributed by atoms with E-state index in [1.54, 1.807) is 19.1 Å². The Bertz CT molecular complexity index is 510. The molecule has 1 aromatic carbocycles. The van der Waals surface area contributed by atoms with Crippen molar-refractivity contribution in [1.82, 2.24) is 0 Å². The summed E-state index contributed by atoms with van der Waals surface area (Å²) in [5, 5.41) is 11.9. The number of thioether (sulfide) groups is 1. The maximum atomic E-state index is 12.0. The van der Waals surface area contributed by atoms with E-state index in [0.29, 0.717) is 23.6 Å².